The first kappa shape index (κ1) is 15.1. The van der Waals surface area contributed by atoms with E-state index in [1.54, 1.807) is 6.07 Å². The first-order valence-corrected chi connectivity index (χ1v) is 7.08. The second kappa shape index (κ2) is 6.82. The minimum atomic E-state index is -0.390. The molecule has 0 saturated carbocycles. The van der Waals surface area contributed by atoms with Gasteiger partial charge in [0.05, 0.1) is 5.02 Å². The van der Waals surface area contributed by atoms with Crippen molar-refractivity contribution in [1.29, 1.82) is 0 Å². The summed E-state index contributed by atoms with van der Waals surface area (Å²) in [4.78, 5) is 0. The van der Waals surface area contributed by atoms with E-state index in [4.69, 9.17) is 34.8 Å². The second-order valence-electron chi connectivity index (χ2n) is 4.41. The molecule has 1 aromatic carbocycles. The van der Waals surface area contributed by atoms with Crippen LogP contribution in [0.5, 0.6) is 0 Å². The Labute approximate surface area is 117 Å². The van der Waals surface area contributed by atoms with E-state index in [2.05, 4.69) is 6.92 Å². The predicted octanol–water partition coefficient (Wildman–Crippen LogP) is 5.29. The van der Waals surface area contributed by atoms with E-state index >= 15 is 0 Å². The molecular weight excluding hydrogens is 281 g/mol. The highest BCUT2D eigenvalue weighted by Gasteiger charge is 2.29. The first-order chi connectivity index (χ1) is 8.08. The van der Waals surface area contributed by atoms with Crippen LogP contribution in [0.2, 0.25) is 5.02 Å². The topological polar surface area (TPSA) is 0 Å². The summed E-state index contributed by atoms with van der Waals surface area (Å²) >= 11 is 18.0. The highest BCUT2D eigenvalue weighted by Crippen LogP contribution is 2.34. The summed E-state index contributed by atoms with van der Waals surface area (Å²) in [5.41, 5.74) is 0.580. The van der Waals surface area contributed by atoms with Crippen LogP contribution in [0.15, 0.2) is 18.2 Å². The number of rotatable bonds is 6. The molecule has 0 atom stereocenters. The van der Waals surface area contributed by atoms with Crippen molar-refractivity contribution in [3.8, 4) is 0 Å². The normalized spacial score (nSPS) is 11.8. The van der Waals surface area contributed by atoms with Crippen molar-refractivity contribution >= 4 is 34.8 Å². The van der Waals surface area contributed by atoms with E-state index in [1.807, 2.05) is 6.07 Å². The molecule has 0 saturated heterocycles. The van der Waals surface area contributed by atoms with Crippen molar-refractivity contribution in [2.45, 2.75) is 26.2 Å². The van der Waals surface area contributed by atoms with Gasteiger partial charge in [0.25, 0.3) is 0 Å². The summed E-state index contributed by atoms with van der Waals surface area (Å²) in [6, 6.07) is 4.85. The fourth-order valence-corrected chi connectivity index (χ4v) is 2.91. The van der Waals surface area contributed by atoms with Crippen LogP contribution in [-0.4, -0.2) is 11.8 Å². The third kappa shape index (κ3) is 3.74. The van der Waals surface area contributed by atoms with Gasteiger partial charge < -0.3 is 0 Å². The summed E-state index contributed by atoms with van der Waals surface area (Å²) in [6.45, 7) is 2.08. The van der Waals surface area contributed by atoms with Crippen molar-refractivity contribution in [3.63, 3.8) is 0 Å². The van der Waals surface area contributed by atoms with Gasteiger partial charge >= 0.3 is 0 Å². The molecule has 0 radical (unpaired) electrons. The molecule has 1 rings (SSSR count). The molecule has 0 fully saturated rings. The Balaban J connectivity index is 2.97. The zero-order valence-corrected chi connectivity index (χ0v) is 12.0. The van der Waals surface area contributed by atoms with E-state index in [-0.39, 0.29) is 10.4 Å². The van der Waals surface area contributed by atoms with Crippen molar-refractivity contribution < 1.29 is 4.39 Å². The minimum absolute atomic E-state index is 0.184. The Morgan fingerprint density at radius 1 is 1.24 bits per heavy atom. The highest BCUT2D eigenvalue weighted by molar-refractivity contribution is 6.31. The van der Waals surface area contributed by atoms with E-state index < -0.39 is 5.82 Å². The van der Waals surface area contributed by atoms with E-state index in [9.17, 15) is 4.39 Å². The molecule has 1 aromatic rings. The van der Waals surface area contributed by atoms with Gasteiger partial charge in [-0.1, -0.05) is 37.1 Å². The molecule has 0 nitrogen and oxygen atoms in total. The number of hydrogen-bond donors (Lipinski definition) is 0. The summed E-state index contributed by atoms with van der Waals surface area (Å²) in [5.74, 6) is 0.521. The van der Waals surface area contributed by atoms with Crippen LogP contribution in [0.3, 0.4) is 0 Å². The van der Waals surface area contributed by atoms with Gasteiger partial charge in [-0.25, -0.2) is 4.39 Å². The van der Waals surface area contributed by atoms with Gasteiger partial charge in [0.2, 0.25) is 0 Å². The van der Waals surface area contributed by atoms with E-state index in [0.29, 0.717) is 18.2 Å². The molecule has 0 unspecified atom stereocenters. The van der Waals surface area contributed by atoms with Gasteiger partial charge in [-0.15, -0.1) is 23.2 Å². The SMILES string of the molecule is CCCC(CCl)(CCl)Cc1cccc(F)c1Cl. The van der Waals surface area contributed by atoms with Crippen molar-refractivity contribution in [3.05, 3.63) is 34.6 Å². The average molecular weight is 298 g/mol. The zero-order valence-electron chi connectivity index (χ0n) is 9.78. The van der Waals surface area contributed by atoms with Crippen LogP contribution in [0, 0.1) is 11.2 Å². The molecule has 4 heteroatoms. The molecule has 0 heterocycles. The van der Waals surface area contributed by atoms with Crippen LogP contribution in [-0.2, 0) is 6.42 Å². The van der Waals surface area contributed by atoms with Crippen molar-refractivity contribution in [1.82, 2.24) is 0 Å². The third-order valence-corrected chi connectivity index (χ3v) is 4.50. The predicted molar refractivity (Wildman–Crippen MR) is 73.9 cm³/mol. The number of alkyl halides is 2. The molecule has 0 aliphatic rings. The second-order valence-corrected chi connectivity index (χ2v) is 5.32. The van der Waals surface area contributed by atoms with Gasteiger partial charge in [0.1, 0.15) is 5.82 Å². The Bertz CT molecular complexity index is 362. The maximum Gasteiger partial charge on any atom is 0.142 e. The van der Waals surface area contributed by atoms with E-state index in [0.717, 1.165) is 18.4 Å². The van der Waals surface area contributed by atoms with Gasteiger partial charge in [0.15, 0.2) is 0 Å². The maximum absolute atomic E-state index is 13.4. The van der Waals surface area contributed by atoms with Crippen LogP contribution < -0.4 is 0 Å². The number of halogens is 4. The van der Waals surface area contributed by atoms with Crippen LogP contribution in [0.1, 0.15) is 25.3 Å². The summed E-state index contributed by atoms with van der Waals surface area (Å²) < 4.78 is 13.4. The van der Waals surface area contributed by atoms with Gasteiger partial charge in [-0.2, -0.15) is 0 Å². The number of benzene rings is 1. The molecule has 0 aromatic heterocycles. The first-order valence-electron chi connectivity index (χ1n) is 5.63. The maximum atomic E-state index is 13.4. The summed E-state index contributed by atoms with van der Waals surface area (Å²) in [7, 11) is 0. The zero-order chi connectivity index (χ0) is 12.9. The number of hydrogen-bond acceptors (Lipinski definition) is 0. The molecule has 0 aliphatic carbocycles. The van der Waals surface area contributed by atoms with Crippen molar-refractivity contribution in [2.24, 2.45) is 5.41 Å². The molecule has 0 bridgehead atoms. The lowest BCUT2D eigenvalue weighted by Crippen LogP contribution is -2.28. The lowest BCUT2D eigenvalue weighted by molar-refractivity contribution is 0.340. The average Bonchev–Trinajstić information content (AvgIpc) is 2.34. The van der Waals surface area contributed by atoms with Gasteiger partial charge in [0, 0.05) is 17.2 Å². The largest absolute Gasteiger partial charge is 0.205 e. The van der Waals surface area contributed by atoms with Crippen molar-refractivity contribution in [2.75, 3.05) is 11.8 Å². The lowest BCUT2D eigenvalue weighted by atomic mass is 9.81. The Morgan fingerprint density at radius 3 is 2.41 bits per heavy atom. The molecule has 96 valence electrons. The molecule has 0 aliphatic heterocycles. The quantitative estimate of drug-likeness (QED) is 0.626. The van der Waals surface area contributed by atoms with Crippen LogP contribution in [0.25, 0.3) is 0 Å². The van der Waals surface area contributed by atoms with Crippen LogP contribution >= 0.6 is 34.8 Å². The Hall–Kier alpha value is 0.0200. The molecule has 17 heavy (non-hydrogen) atoms. The summed E-state index contributed by atoms with van der Waals surface area (Å²) in [5, 5.41) is 0.184. The van der Waals surface area contributed by atoms with E-state index in [1.165, 1.54) is 6.07 Å². The smallest absolute Gasteiger partial charge is 0.142 e. The molecule has 0 amide bonds. The summed E-state index contributed by atoms with van der Waals surface area (Å²) in [6.07, 6.45) is 2.52. The Kier molecular flexibility index (Phi) is 6.05. The fraction of sp³-hybridized carbons (Fsp3) is 0.538. The molecule has 0 N–H and O–H groups in total. The van der Waals surface area contributed by atoms with Gasteiger partial charge in [-0.3, -0.25) is 0 Å². The highest BCUT2D eigenvalue weighted by atomic mass is 35.5. The standard InChI is InChI=1S/C13H16Cl3F/c1-2-6-13(8-14,9-15)7-10-4-3-5-11(17)12(10)16/h3-5H,2,6-9H2,1H3. The third-order valence-electron chi connectivity index (χ3n) is 2.94. The molecular formula is C13H16Cl3F. The van der Waals surface area contributed by atoms with Gasteiger partial charge in [-0.05, 0) is 24.5 Å². The lowest BCUT2D eigenvalue weighted by Gasteiger charge is -2.29. The molecule has 0 spiro atoms. The monoisotopic (exact) mass is 296 g/mol. The van der Waals surface area contributed by atoms with Crippen LogP contribution in [0.4, 0.5) is 4.39 Å². The fourth-order valence-electron chi connectivity index (χ4n) is 1.97. The minimum Gasteiger partial charge on any atom is -0.205 e. The Morgan fingerprint density at radius 2 is 1.88 bits per heavy atom.